The lowest BCUT2D eigenvalue weighted by Crippen LogP contribution is -3.00. The average molecular weight is 455 g/mol. The number of rotatable bonds is 9. The molecule has 0 bridgehead atoms. The number of benzene rings is 3. The van der Waals surface area contributed by atoms with Gasteiger partial charge < -0.3 is 17.0 Å². The molecule has 0 atom stereocenters. The van der Waals surface area contributed by atoms with Gasteiger partial charge in [0, 0.05) is 0 Å². The van der Waals surface area contributed by atoms with Crippen LogP contribution in [0.5, 0.6) is 0 Å². The summed E-state index contributed by atoms with van der Waals surface area (Å²) in [6.07, 6.45) is 6.55. The predicted molar refractivity (Wildman–Crippen MR) is 123 cm³/mol. The van der Waals surface area contributed by atoms with Crippen molar-refractivity contribution in [2.24, 2.45) is 5.92 Å². The molecular formula is C26H32BrP. The molecule has 0 fully saturated rings. The zero-order valence-corrected chi connectivity index (χ0v) is 19.6. The van der Waals surface area contributed by atoms with Crippen molar-refractivity contribution in [1.82, 2.24) is 0 Å². The van der Waals surface area contributed by atoms with E-state index in [0.29, 0.717) is 0 Å². The molecule has 148 valence electrons. The van der Waals surface area contributed by atoms with Gasteiger partial charge in [0.25, 0.3) is 0 Å². The average Bonchev–Trinajstić information content (AvgIpc) is 2.73. The van der Waals surface area contributed by atoms with Gasteiger partial charge in [-0.3, -0.25) is 0 Å². The Hall–Kier alpha value is -1.43. The molecule has 0 aromatic heterocycles. The molecule has 0 N–H and O–H groups in total. The summed E-state index contributed by atoms with van der Waals surface area (Å²) in [5.41, 5.74) is 0. The molecule has 3 aromatic carbocycles. The van der Waals surface area contributed by atoms with E-state index in [1.54, 1.807) is 0 Å². The number of hydrogen-bond acceptors (Lipinski definition) is 0. The highest BCUT2D eigenvalue weighted by Gasteiger charge is 2.44. The highest BCUT2D eigenvalue weighted by molar-refractivity contribution is 7.95. The second-order valence-corrected chi connectivity index (χ2v) is 11.4. The maximum atomic E-state index is 2.35. The van der Waals surface area contributed by atoms with E-state index in [2.05, 4.69) is 105 Å². The third kappa shape index (κ3) is 5.56. The lowest BCUT2D eigenvalue weighted by Gasteiger charge is -2.27. The van der Waals surface area contributed by atoms with Gasteiger partial charge in [0.2, 0.25) is 0 Å². The van der Waals surface area contributed by atoms with E-state index in [1.807, 2.05) is 0 Å². The normalized spacial score (nSPS) is 11.2. The van der Waals surface area contributed by atoms with E-state index in [0.717, 1.165) is 5.92 Å². The second kappa shape index (κ2) is 11.5. The van der Waals surface area contributed by atoms with Crippen LogP contribution in [0.25, 0.3) is 0 Å². The van der Waals surface area contributed by atoms with Crippen LogP contribution >= 0.6 is 7.26 Å². The largest absolute Gasteiger partial charge is 1.00 e. The summed E-state index contributed by atoms with van der Waals surface area (Å²) in [7, 11) is -1.62. The molecule has 0 saturated carbocycles. The minimum absolute atomic E-state index is 0. The van der Waals surface area contributed by atoms with E-state index in [9.17, 15) is 0 Å². The van der Waals surface area contributed by atoms with Crippen molar-refractivity contribution in [2.45, 2.75) is 39.5 Å². The zero-order chi connectivity index (χ0) is 19.0. The van der Waals surface area contributed by atoms with Gasteiger partial charge in [0.15, 0.2) is 0 Å². The molecule has 0 heterocycles. The zero-order valence-electron chi connectivity index (χ0n) is 17.1. The molecule has 0 aliphatic rings. The Labute approximate surface area is 182 Å². The fourth-order valence-corrected chi connectivity index (χ4v) is 8.37. The van der Waals surface area contributed by atoms with Crippen molar-refractivity contribution < 1.29 is 17.0 Å². The summed E-state index contributed by atoms with van der Waals surface area (Å²) in [6.45, 7) is 4.66. The lowest BCUT2D eigenvalue weighted by molar-refractivity contribution is -0.00000557. The van der Waals surface area contributed by atoms with Crippen LogP contribution in [0.3, 0.4) is 0 Å². The number of unbranched alkanes of at least 4 members (excludes halogenated alkanes) is 2. The fourth-order valence-electron chi connectivity index (χ4n) is 3.96. The Balaban J connectivity index is 0.00000280. The van der Waals surface area contributed by atoms with Crippen molar-refractivity contribution in [3.05, 3.63) is 91.0 Å². The van der Waals surface area contributed by atoms with Gasteiger partial charge in [-0.25, -0.2) is 0 Å². The van der Waals surface area contributed by atoms with Crippen LogP contribution in [-0.2, 0) is 0 Å². The molecule has 3 aromatic rings. The molecule has 0 aliphatic heterocycles. The Morgan fingerprint density at radius 2 is 0.964 bits per heavy atom. The fraction of sp³-hybridized carbons (Fsp3) is 0.308. The van der Waals surface area contributed by atoms with E-state index in [4.69, 9.17) is 0 Å². The van der Waals surface area contributed by atoms with Gasteiger partial charge in [0.05, 0.1) is 6.16 Å². The summed E-state index contributed by atoms with van der Waals surface area (Å²) < 4.78 is 0. The van der Waals surface area contributed by atoms with Crippen LogP contribution in [0.1, 0.15) is 39.5 Å². The molecule has 0 spiro atoms. The first-order chi connectivity index (χ1) is 13.2. The van der Waals surface area contributed by atoms with Crippen LogP contribution < -0.4 is 32.9 Å². The van der Waals surface area contributed by atoms with Gasteiger partial charge in [-0.2, -0.15) is 0 Å². The van der Waals surface area contributed by atoms with E-state index in [1.165, 1.54) is 47.8 Å². The maximum Gasteiger partial charge on any atom is 0.112 e. The van der Waals surface area contributed by atoms with Gasteiger partial charge >= 0.3 is 0 Å². The quantitative estimate of drug-likeness (QED) is 0.344. The van der Waals surface area contributed by atoms with Crippen LogP contribution in [0.4, 0.5) is 0 Å². The van der Waals surface area contributed by atoms with Gasteiger partial charge in [-0.15, -0.1) is 0 Å². The summed E-state index contributed by atoms with van der Waals surface area (Å²) in [5.74, 6) is 0.807. The minimum Gasteiger partial charge on any atom is -1.00 e. The van der Waals surface area contributed by atoms with E-state index >= 15 is 0 Å². The molecular weight excluding hydrogens is 423 g/mol. The van der Waals surface area contributed by atoms with E-state index < -0.39 is 7.26 Å². The predicted octanol–water partition coefficient (Wildman–Crippen LogP) is 3.20. The summed E-state index contributed by atoms with van der Waals surface area (Å²) in [5, 5.41) is 4.52. The first kappa shape index (κ1) is 22.9. The highest BCUT2D eigenvalue weighted by atomic mass is 79.9. The van der Waals surface area contributed by atoms with E-state index in [-0.39, 0.29) is 17.0 Å². The van der Waals surface area contributed by atoms with Crippen molar-refractivity contribution in [2.75, 3.05) is 6.16 Å². The van der Waals surface area contributed by atoms with Crippen molar-refractivity contribution >= 4 is 23.2 Å². The summed E-state index contributed by atoms with van der Waals surface area (Å²) >= 11 is 0. The topological polar surface area (TPSA) is 0 Å². The van der Waals surface area contributed by atoms with Gasteiger partial charge in [-0.1, -0.05) is 81.3 Å². The molecule has 2 heteroatoms. The van der Waals surface area contributed by atoms with Gasteiger partial charge in [-0.05, 0) is 55.2 Å². The molecule has 0 radical (unpaired) electrons. The SMILES string of the molecule is CC(C)CCCCC[P+](c1ccccc1)(c1ccccc1)c1ccccc1.[Br-]. The van der Waals surface area contributed by atoms with Crippen LogP contribution in [-0.4, -0.2) is 6.16 Å². The molecule has 0 unspecified atom stereocenters. The van der Waals surface area contributed by atoms with Crippen molar-refractivity contribution in [3.8, 4) is 0 Å². The number of halogens is 1. The highest BCUT2D eigenvalue weighted by Crippen LogP contribution is 2.55. The van der Waals surface area contributed by atoms with Crippen molar-refractivity contribution in [3.63, 3.8) is 0 Å². The maximum absolute atomic E-state index is 2.35. The molecule has 3 rings (SSSR count). The number of hydrogen-bond donors (Lipinski definition) is 0. The lowest BCUT2D eigenvalue weighted by atomic mass is 10.1. The second-order valence-electron chi connectivity index (χ2n) is 7.78. The van der Waals surface area contributed by atoms with Crippen molar-refractivity contribution in [1.29, 1.82) is 0 Å². The smallest absolute Gasteiger partial charge is 0.112 e. The summed E-state index contributed by atoms with van der Waals surface area (Å²) in [6, 6.07) is 33.7. The minimum atomic E-state index is -1.62. The molecule has 28 heavy (non-hydrogen) atoms. The summed E-state index contributed by atoms with van der Waals surface area (Å²) in [4.78, 5) is 0. The molecule has 0 aliphatic carbocycles. The van der Waals surface area contributed by atoms with Gasteiger partial charge in [0.1, 0.15) is 23.2 Å². The molecule has 0 amide bonds. The third-order valence-corrected chi connectivity index (χ3v) is 9.89. The van der Waals surface area contributed by atoms with Crippen LogP contribution in [0.15, 0.2) is 91.0 Å². The molecule has 0 saturated heterocycles. The Morgan fingerprint density at radius 1 is 0.571 bits per heavy atom. The first-order valence-electron chi connectivity index (χ1n) is 10.3. The molecule has 0 nitrogen and oxygen atoms in total. The monoisotopic (exact) mass is 454 g/mol. The Bertz CT molecular complexity index is 688. The Morgan fingerprint density at radius 3 is 1.32 bits per heavy atom. The Kier molecular flexibility index (Phi) is 9.42. The van der Waals surface area contributed by atoms with Crippen LogP contribution in [0.2, 0.25) is 0 Å². The standard InChI is InChI=1S/C26H32P.BrH/c1-23(2)15-7-6-14-22-27(24-16-8-3-9-17-24,25-18-10-4-11-19-25)26-20-12-5-13-21-26;/h3-5,8-13,16-21,23H,6-7,14-15,22H2,1-2H3;1H/q+1;/p-1. The third-order valence-electron chi connectivity index (χ3n) is 5.37. The van der Waals surface area contributed by atoms with Crippen LogP contribution in [0, 0.1) is 5.92 Å². The first-order valence-corrected chi connectivity index (χ1v) is 12.3.